The fraction of sp³-hybridized carbons (Fsp3) is 0. The number of aromatic hydroxyl groups is 1. The molecular formula is C16H10ClN3O5. The van der Waals surface area contributed by atoms with Crippen molar-refractivity contribution < 1.29 is 19.6 Å². The van der Waals surface area contributed by atoms with Gasteiger partial charge in [-0.25, -0.2) is 5.01 Å². The van der Waals surface area contributed by atoms with Gasteiger partial charge < -0.3 is 5.11 Å². The zero-order chi connectivity index (χ0) is 18.1. The Labute approximate surface area is 146 Å². The summed E-state index contributed by atoms with van der Waals surface area (Å²) in [6, 6.07) is 10.6. The van der Waals surface area contributed by atoms with Gasteiger partial charge in [0.1, 0.15) is 5.57 Å². The zero-order valence-corrected chi connectivity index (χ0v) is 13.2. The Morgan fingerprint density at radius 1 is 1.20 bits per heavy atom. The lowest BCUT2D eigenvalue weighted by molar-refractivity contribution is -0.385. The third-order valence-electron chi connectivity index (χ3n) is 3.49. The van der Waals surface area contributed by atoms with E-state index in [2.05, 4.69) is 5.43 Å². The van der Waals surface area contributed by atoms with E-state index in [0.717, 1.165) is 17.2 Å². The van der Waals surface area contributed by atoms with Gasteiger partial charge in [-0.3, -0.25) is 25.1 Å². The van der Waals surface area contributed by atoms with Crippen LogP contribution in [-0.2, 0) is 9.59 Å². The maximum Gasteiger partial charge on any atom is 0.312 e. The Morgan fingerprint density at radius 3 is 2.52 bits per heavy atom. The minimum absolute atomic E-state index is 0.0119. The number of amides is 2. The molecule has 1 saturated heterocycles. The molecule has 2 amide bonds. The molecule has 1 fully saturated rings. The van der Waals surface area contributed by atoms with Crippen molar-refractivity contribution in [2.24, 2.45) is 0 Å². The van der Waals surface area contributed by atoms with Crippen LogP contribution >= 0.6 is 11.6 Å². The van der Waals surface area contributed by atoms with Crippen LogP contribution in [0.25, 0.3) is 6.08 Å². The number of rotatable bonds is 3. The molecule has 2 aromatic rings. The summed E-state index contributed by atoms with van der Waals surface area (Å²) in [6.45, 7) is 0. The van der Waals surface area contributed by atoms with Gasteiger partial charge in [-0.2, -0.15) is 0 Å². The Balaban J connectivity index is 2.04. The molecule has 8 nitrogen and oxygen atoms in total. The molecular weight excluding hydrogens is 350 g/mol. The number of phenolic OH excluding ortho intramolecular Hbond substituents is 1. The molecule has 0 saturated carbocycles. The molecule has 0 unspecified atom stereocenters. The van der Waals surface area contributed by atoms with Crippen LogP contribution in [-0.4, -0.2) is 21.8 Å². The van der Waals surface area contributed by atoms with Gasteiger partial charge in [0.05, 0.1) is 10.6 Å². The van der Waals surface area contributed by atoms with Gasteiger partial charge in [0.25, 0.3) is 11.8 Å². The molecule has 25 heavy (non-hydrogen) atoms. The highest BCUT2D eigenvalue weighted by Crippen LogP contribution is 2.35. The molecule has 2 aromatic carbocycles. The molecule has 0 bridgehead atoms. The maximum atomic E-state index is 12.5. The second-order valence-electron chi connectivity index (χ2n) is 5.09. The number of nitrogens with zero attached hydrogens (tertiary/aromatic N) is 2. The highest BCUT2D eigenvalue weighted by atomic mass is 35.5. The number of carbonyl (C=O) groups is 2. The topological polar surface area (TPSA) is 113 Å². The van der Waals surface area contributed by atoms with Crippen LogP contribution in [0.5, 0.6) is 5.75 Å². The third kappa shape index (κ3) is 3.02. The first-order chi connectivity index (χ1) is 11.9. The van der Waals surface area contributed by atoms with E-state index in [1.165, 1.54) is 6.07 Å². The number of benzene rings is 2. The van der Waals surface area contributed by atoms with E-state index < -0.39 is 28.2 Å². The zero-order valence-electron chi connectivity index (χ0n) is 12.5. The van der Waals surface area contributed by atoms with Gasteiger partial charge in [-0.05, 0) is 24.3 Å². The Hall–Kier alpha value is -3.39. The lowest BCUT2D eigenvalue weighted by Gasteiger charge is -2.13. The quantitative estimate of drug-likeness (QED) is 0.378. The number of hydrogen-bond acceptors (Lipinski definition) is 5. The number of phenols is 1. The standard InChI is InChI=1S/C16H10ClN3O5/c17-10-6-9(14(21)13(8-10)20(24)25)7-12-15(22)18-19(16(12)23)11-4-2-1-3-5-11/h1-8,21H,(H,18,22). The molecule has 3 rings (SSSR count). The van der Waals surface area contributed by atoms with Gasteiger partial charge in [0, 0.05) is 16.7 Å². The first-order valence-electron chi connectivity index (χ1n) is 6.97. The average Bonchev–Trinajstić information content (AvgIpc) is 2.86. The Kier molecular flexibility index (Phi) is 4.12. The van der Waals surface area contributed by atoms with Gasteiger partial charge in [-0.15, -0.1) is 0 Å². The van der Waals surface area contributed by atoms with Gasteiger partial charge in [0.15, 0.2) is 0 Å². The monoisotopic (exact) mass is 359 g/mol. The van der Waals surface area contributed by atoms with Crippen LogP contribution in [0.4, 0.5) is 11.4 Å². The van der Waals surface area contributed by atoms with E-state index in [1.54, 1.807) is 30.3 Å². The molecule has 0 spiro atoms. The van der Waals surface area contributed by atoms with Crippen molar-refractivity contribution in [2.75, 3.05) is 5.01 Å². The molecule has 126 valence electrons. The molecule has 0 atom stereocenters. The molecule has 0 aromatic heterocycles. The lowest BCUT2D eigenvalue weighted by atomic mass is 10.1. The normalized spacial score (nSPS) is 15.6. The van der Waals surface area contributed by atoms with Crippen LogP contribution in [0.3, 0.4) is 0 Å². The number of anilines is 1. The molecule has 1 aliphatic rings. The fourth-order valence-electron chi connectivity index (χ4n) is 2.33. The minimum Gasteiger partial charge on any atom is -0.502 e. The van der Waals surface area contributed by atoms with E-state index in [9.17, 15) is 24.8 Å². The number of nitro groups is 1. The van der Waals surface area contributed by atoms with Crippen molar-refractivity contribution in [3.8, 4) is 5.75 Å². The summed E-state index contributed by atoms with van der Waals surface area (Å²) in [7, 11) is 0. The van der Waals surface area contributed by atoms with Crippen LogP contribution in [0, 0.1) is 10.1 Å². The van der Waals surface area contributed by atoms with Crippen molar-refractivity contribution in [1.29, 1.82) is 0 Å². The van der Waals surface area contributed by atoms with E-state index in [0.29, 0.717) is 5.69 Å². The van der Waals surface area contributed by atoms with Crippen molar-refractivity contribution in [3.63, 3.8) is 0 Å². The highest BCUT2D eigenvalue weighted by molar-refractivity contribution is 6.32. The first kappa shape index (κ1) is 16.5. The van der Waals surface area contributed by atoms with Crippen LogP contribution in [0.2, 0.25) is 5.02 Å². The van der Waals surface area contributed by atoms with Crippen LogP contribution < -0.4 is 10.4 Å². The average molecular weight is 360 g/mol. The van der Waals surface area contributed by atoms with Crippen molar-refractivity contribution in [2.45, 2.75) is 0 Å². The number of carbonyl (C=O) groups excluding carboxylic acids is 2. The molecule has 9 heteroatoms. The van der Waals surface area contributed by atoms with E-state index >= 15 is 0 Å². The smallest absolute Gasteiger partial charge is 0.312 e. The minimum atomic E-state index is -0.809. The summed E-state index contributed by atoms with van der Waals surface area (Å²) in [5.74, 6) is -2.03. The summed E-state index contributed by atoms with van der Waals surface area (Å²) in [4.78, 5) is 34.7. The fourth-order valence-corrected chi connectivity index (χ4v) is 2.55. The predicted octanol–water partition coefficient (Wildman–Crippen LogP) is 2.42. The highest BCUT2D eigenvalue weighted by Gasteiger charge is 2.35. The first-order valence-corrected chi connectivity index (χ1v) is 7.35. The molecule has 0 radical (unpaired) electrons. The van der Waals surface area contributed by atoms with Gasteiger partial charge in [0.2, 0.25) is 5.75 Å². The predicted molar refractivity (Wildman–Crippen MR) is 89.8 cm³/mol. The number of hydrogen-bond donors (Lipinski definition) is 2. The van der Waals surface area contributed by atoms with Crippen molar-refractivity contribution in [3.05, 3.63) is 68.7 Å². The number of halogens is 1. The summed E-state index contributed by atoms with van der Waals surface area (Å²) in [5.41, 5.74) is 1.83. The Bertz CT molecular complexity index is 927. The number of nitro benzene ring substituents is 1. The largest absolute Gasteiger partial charge is 0.502 e. The molecule has 2 N–H and O–H groups in total. The second-order valence-corrected chi connectivity index (χ2v) is 5.53. The summed E-state index contributed by atoms with van der Waals surface area (Å²) >= 11 is 5.81. The van der Waals surface area contributed by atoms with Gasteiger partial charge in [-0.1, -0.05) is 29.8 Å². The maximum absolute atomic E-state index is 12.5. The van der Waals surface area contributed by atoms with Crippen molar-refractivity contribution in [1.82, 2.24) is 5.43 Å². The lowest BCUT2D eigenvalue weighted by Crippen LogP contribution is -2.35. The SMILES string of the molecule is O=C1NN(c2ccccc2)C(=O)C1=Cc1cc(Cl)cc([N+](=O)[O-])c1O. The number of para-hydroxylation sites is 1. The summed E-state index contributed by atoms with van der Waals surface area (Å²) in [6.07, 6.45) is 1.06. The van der Waals surface area contributed by atoms with Gasteiger partial charge >= 0.3 is 5.69 Å². The number of nitrogens with one attached hydrogen (secondary N) is 1. The molecule has 0 aliphatic carbocycles. The summed E-state index contributed by atoms with van der Waals surface area (Å²) in [5, 5.41) is 22.0. The third-order valence-corrected chi connectivity index (χ3v) is 3.70. The molecule has 1 aliphatic heterocycles. The van der Waals surface area contributed by atoms with Crippen LogP contribution in [0.1, 0.15) is 5.56 Å². The van der Waals surface area contributed by atoms with Crippen molar-refractivity contribution >= 4 is 40.9 Å². The second kappa shape index (κ2) is 6.25. The summed E-state index contributed by atoms with van der Waals surface area (Å²) < 4.78 is 0. The molecule has 1 heterocycles. The van der Waals surface area contributed by atoms with Crippen LogP contribution in [0.15, 0.2) is 48.0 Å². The Morgan fingerprint density at radius 2 is 1.88 bits per heavy atom. The van der Waals surface area contributed by atoms with E-state index in [-0.39, 0.29) is 16.2 Å². The number of hydrazine groups is 1. The van der Waals surface area contributed by atoms with E-state index in [1.807, 2.05) is 0 Å². The van der Waals surface area contributed by atoms with E-state index in [4.69, 9.17) is 11.6 Å².